The molecule has 0 spiro atoms. The lowest BCUT2D eigenvalue weighted by Gasteiger charge is -2.30. The number of carbonyl (C=O) groups excluding carboxylic acids is 1. The third-order valence-corrected chi connectivity index (χ3v) is 6.02. The highest BCUT2D eigenvalue weighted by Crippen LogP contribution is 2.21. The van der Waals surface area contributed by atoms with Gasteiger partial charge in [-0.2, -0.15) is 0 Å². The first-order valence-corrected chi connectivity index (χ1v) is 10.9. The Morgan fingerprint density at radius 3 is 2.19 bits per heavy atom. The monoisotopic (exact) mass is 388 g/mol. The Balaban J connectivity index is 1.78. The standard InChI is InChI=1S/C20H25N3O3S/c1-21-12-14-22(15-13-21)20(24)18-8-10-19(11-9-18)23(27(2,25)26)16-17-6-4-3-5-7-17/h3-11H,12-16H2,1-2H3/p+1. The number of sulfonamides is 1. The molecule has 0 saturated carbocycles. The molecule has 27 heavy (non-hydrogen) atoms. The smallest absolute Gasteiger partial charge is 0.254 e. The van der Waals surface area contributed by atoms with E-state index in [0.717, 1.165) is 31.7 Å². The minimum Gasteiger partial charge on any atom is -0.334 e. The molecule has 0 aromatic heterocycles. The van der Waals surface area contributed by atoms with Crippen LogP contribution in [0.25, 0.3) is 0 Å². The van der Waals surface area contributed by atoms with Gasteiger partial charge in [0.15, 0.2) is 0 Å². The maximum Gasteiger partial charge on any atom is 0.254 e. The molecule has 3 rings (SSSR count). The van der Waals surface area contributed by atoms with E-state index >= 15 is 0 Å². The van der Waals surface area contributed by atoms with Crippen molar-refractivity contribution in [2.45, 2.75) is 6.54 Å². The zero-order chi connectivity index (χ0) is 19.4. The molecule has 0 unspecified atom stereocenters. The van der Waals surface area contributed by atoms with Crippen LogP contribution in [0.15, 0.2) is 54.6 Å². The summed E-state index contributed by atoms with van der Waals surface area (Å²) in [6, 6.07) is 16.3. The Hall–Kier alpha value is -2.38. The van der Waals surface area contributed by atoms with Gasteiger partial charge < -0.3 is 9.80 Å². The second kappa shape index (κ2) is 8.10. The van der Waals surface area contributed by atoms with Gasteiger partial charge in [-0.1, -0.05) is 30.3 Å². The Labute approximate surface area is 161 Å². The predicted octanol–water partition coefficient (Wildman–Crippen LogP) is 0.623. The Morgan fingerprint density at radius 1 is 1.04 bits per heavy atom. The molecule has 144 valence electrons. The van der Waals surface area contributed by atoms with Crippen molar-refractivity contribution in [3.8, 4) is 0 Å². The first-order valence-electron chi connectivity index (χ1n) is 9.07. The van der Waals surface area contributed by atoms with E-state index in [1.165, 1.54) is 15.5 Å². The predicted molar refractivity (Wildman–Crippen MR) is 106 cm³/mol. The summed E-state index contributed by atoms with van der Waals surface area (Å²) in [5.41, 5.74) is 2.05. The van der Waals surface area contributed by atoms with Crippen molar-refractivity contribution < 1.29 is 18.1 Å². The topological polar surface area (TPSA) is 62.1 Å². The minimum absolute atomic E-state index is 0.00279. The SMILES string of the molecule is C[NH+]1CCN(C(=O)c2ccc(N(Cc3ccccc3)S(C)(=O)=O)cc2)CC1. The second-order valence-electron chi connectivity index (χ2n) is 7.05. The highest BCUT2D eigenvalue weighted by molar-refractivity contribution is 7.92. The molecule has 1 aliphatic heterocycles. The van der Waals surface area contributed by atoms with Crippen LogP contribution in [0.4, 0.5) is 5.69 Å². The largest absolute Gasteiger partial charge is 0.334 e. The summed E-state index contributed by atoms with van der Waals surface area (Å²) in [6.07, 6.45) is 1.20. The number of amides is 1. The summed E-state index contributed by atoms with van der Waals surface area (Å²) in [5, 5.41) is 0. The van der Waals surface area contributed by atoms with Gasteiger partial charge in [-0.3, -0.25) is 9.10 Å². The summed E-state index contributed by atoms with van der Waals surface area (Å²) in [5.74, 6) is 0.00279. The third-order valence-electron chi connectivity index (χ3n) is 4.88. The van der Waals surface area contributed by atoms with E-state index < -0.39 is 10.0 Å². The Bertz CT molecular complexity index is 874. The number of rotatable bonds is 5. The average molecular weight is 389 g/mol. The van der Waals surface area contributed by atoms with E-state index in [4.69, 9.17) is 0 Å². The minimum atomic E-state index is -3.44. The number of carbonyl (C=O) groups is 1. The Kier molecular flexibility index (Phi) is 5.82. The summed E-state index contributed by atoms with van der Waals surface area (Å²) in [7, 11) is -1.31. The third kappa shape index (κ3) is 4.87. The number of likely N-dealkylation sites (N-methyl/N-ethyl adjacent to an activating group) is 1. The molecule has 1 amide bonds. The van der Waals surface area contributed by atoms with Crippen LogP contribution < -0.4 is 9.21 Å². The average Bonchev–Trinajstić information content (AvgIpc) is 2.66. The molecule has 7 heteroatoms. The van der Waals surface area contributed by atoms with Crippen LogP contribution in [0.3, 0.4) is 0 Å². The van der Waals surface area contributed by atoms with Gasteiger partial charge in [0.05, 0.1) is 51.7 Å². The molecule has 0 aliphatic carbocycles. The number of benzene rings is 2. The molecule has 1 N–H and O–H groups in total. The summed E-state index contributed by atoms with van der Waals surface area (Å²) < 4.78 is 25.9. The van der Waals surface area contributed by atoms with Crippen molar-refractivity contribution in [2.75, 3.05) is 43.8 Å². The second-order valence-corrected chi connectivity index (χ2v) is 8.96. The molecule has 1 fully saturated rings. The fraction of sp³-hybridized carbons (Fsp3) is 0.350. The first-order chi connectivity index (χ1) is 12.8. The van der Waals surface area contributed by atoms with Crippen molar-refractivity contribution in [1.29, 1.82) is 0 Å². The molecule has 0 radical (unpaired) electrons. The van der Waals surface area contributed by atoms with Crippen molar-refractivity contribution in [1.82, 2.24) is 4.90 Å². The zero-order valence-corrected chi connectivity index (χ0v) is 16.6. The molecule has 2 aromatic rings. The molecular weight excluding hydrogens is 362 g/mol. The summed E-state index contributed by atoms with van der Waals surface area (Å²) >= 11 is 0. The maximum atomic E-state index is 12.7. The van der Waals surface area contributed by atoms with Crippen LogP contribution in [0.5, 0.6) is 0 Å². The van der Waals surface area contributed by atoms with E-state index in [1.807, 2.05) is 35.2 Å². The number of nitrogens with one attached hydrogen (secondary N) is 1. The molecule has 2 aromatic carbocycles. The molecular formula is C20H26N3O3S+. The van der Waals surface area contributed by atoms with Gasteiger partial charge in [0, 0.05) is 5.56 Å². The van der Waals surface area contributed by atoms with Crippen molar-refractivity contribution in [3.05, 3.63) is 65.7 Å². The molecule has 1 heterocycles. The number of quaternary nitrogens is 1. The number of hydrogen-bond acceptors (Lipinski definition) is 3. The highest BCUT2D eigenvalue weighted by Gasteiger charge is 2.23. The van der Waals surface area contributed by atoms with E-state index in [9.17, 15) is 13.2 Å². The molecule has 6 nitrogen and oxygen atoms in total. The summed E-state index contributed by atoms with van der Waals surface area (Å²) in [4.78, 5) is 16.0. The van der Waals surface area contributed by atoms with Crippen LogP contribution in [0.2, 0.25) is 0 Å². The van der Waals surface area contributed by atoms with Crippen molar-refractivity contribution >= 4 is 21.6 Å². The number of nitrogens with zero attached hydrogens (tertiary/aromatic N) is 2. The van der Waals surface area contributed by atoms with Gasteiger partial charge in [0.2, 0.25) is 10.0 Å². The van der Waals surface area contributed by atoms with Crippen LogP contribution >= 0.6 is 0 Å². The molecule has 1 saturated heterocycles. The van der Waals surface area contributed by atoms with Crippen molar-refractivity contribution in [3.63, 3.8) is 0 Å². The first kappa shape index (κ1) is 19.4. The van der Waals surface area contributed by atoms with Crippen LogP contribution in [0, 0.1) is 0 Å². The number of anilines is 1. The fourth-order valence-corrected chi connectivity index (χ4v) is 4.08. The molecule has 0 bridgehead atoms. The summed E-state index contributed by atoms with van der Waals surface area (Å²) in [6.45, 7) is 3.64. The van der Waals surface area contributed by atoms with Gasteiger partial charge in [-0.25, -0.2) is 8.42 Å². The lowest BCUT2D eigenvalue weighted by molar-refractivity contribution is -0.883. The normalized spacial score (nSPS) is 15.6. The highest BCUT2D eigenvalue weighted by atomic mass is 32.2. The number of hydrogen-bond donors (Lipinski definition) is 1. The lowest BCUT2D eigenvalue weighted by Crippen LogP contribution is -3.12. The van der Waals surface area contributed by atoms with E-state index in [-0.39, 0.29) is 12.5 Å². The van der Waals surface area contributed by atoms with E-state index in [0.29, 0.717) is 11.3 Å². The van der Waals surface area contributed by atoms with E-state index in [1.54, 1.807) is 24.3 Å². The Morgan fingerprint density at radius 2 is 1.63 bits per heavy atom. The van der Waals surface area contributed by atoms with Crippen LogP contribution in [-0.4, -0.2) is 58.7 Å². The molecule has 1 aliphatic rings. The van der Waals surface area contributed by atoms with Gasteiger partial charge in [0.1, 0.15) is 0 Å². The van der Waals surface area contributed by atoms with Gasteiger partial charge >= 0.3 is 0 Å². The van der Waals surface area contributed by atoms with E-state index in [2.05, 4.69) is 7.05 Å². The fourth-order valence-electron chi connectivity index (χ4n) is 3.19. The van der Waals surface area contributed by atoms with Gasteiger partial charge in [0.25, 0.3) is 5.91 Å². The van der Waals surface area contributed by atoms with Crippen molar-refractivity contribution in [2.24, 2.45) is 0 Å². The zero-order valence-electron chi connectivity index (χ0n) is 15.8. The maximum absolute atomic E-state index is 12.7. The molecule has 0 atom stereocenters. The van der Waals surface area contributed by atoms with Gasteiger partial charge in [-0.05, 0) is 29.8 Å². The van der Waals surface area contributed by atoms with Crippen LogP contribution in [-0.2, 0) is 16.6 Å². The quantitative estimate of drug-likeness (QED) is 0.817. The van der Waals surface area contributed by atoms with Crippen LogP contribution in [0.1, 0.15) is 15.9 Å². The van der Waals surface area contributed by atoms with Gasteiger partial charge in [-0.15, -0.1) is 0 Å². The lowest BCUT2D eigenvalue weighted by atomic mass is 10.1. The number of piperazine rings is 1.